The summed E-state index contributed by atoms with van der Waals surface area (Å²) in [6.45, 7) is 4.81. The van der Waals surface area contributed by atoms with Crippen molar-refractivity contribution in [3.63, 3.8) is 0 Å². The van der Waals surface area contributed by atoms with E-state index in [0.29, 0.717) is 5.66 Å². The van der Waals surface area contributed by atoms with E-state index in [1.165, 1.54) is 72.2 Å². The van der Waals surface area contributed by atoms with Gasteiger partial charge in [0.15, 0.2) is 0 Å². The first-order valence-corrected chi connectivity index (χ1v) is 20.5. The summed E-state index contributed by atoms with van der Waals surface area (Å²) in [5, 5.41) is 2.85. The molecule has 0 N–H and O–H groups in total. The van der Waals surface area contributed by atoms with Crippen molar-refractivity contribution in [3.05, 3.63) is 234 Å². The maximum atomic E-state index is 2.58. The number of rotatable bonds is 6. The standard InChI is InChI=1S/C52H42NP/c1-51(2)47-28-16-17-29-49(47)53(39-18-6-3-7-19-39)50-35-32-38(36-48(50)51)52(45-26-14-12-24-43(45)44-25-13-15-27-46(44)52)37-30-33-42(34-31-37)54(40-20-8-4-9-21-40)41-22-10-5-11-23-41/h3-33,35-36,42H,34H2,1-2H3. The molecule has 1 aliphatic heterocycles. The summed E-state index contributed by atoms with van der Waals surface area (Å²) in [5.74, 6) is 0. The third-order valence-electron chi connectivity index (χ3n) is 12.0. The Hall–Kier alpha value is -5.75. The van der Waals surface area contributed by atoms with Crippen LogP contribution in [0.15, 0.2) is 206 Å². The highest BCUT2D eigenvalue weighted by molar-refractivity contribution is 7.73. The molecule has 0 bridgehead atoms. The van der Waals surface area contributed by atoms with Crippen LogP contribution in [0.5, 0.6) is 0 Å². The lowest BCUT2D eigenvalue weighted by Crippen LogP contribution is -2.34. The third-order valence-corrected chi connectivity index (χ3v) is 14.8. The van der Waals surface area contributed by atoms with Gasteiger partial charge in [-0.2, -0.15) is 0 Å². The highest BCUT2D eigenvalue weighted by atomic mass is 31.1. The van der Waals surface area contributed by atoms with E-state index in [1.807, 2.05) is 0 Å². The molecule has 0 fully saturated rings. The van der Waals surface area contributed by atoms with E-state index < -0.39 is 13.3 Å². The smallest absolute Gasteiger partial charge is 0.0710 e. The second kappa shape index (κ2) is 13.0. The van der Waals surface area contributed by atoms with Gasteiger partial charge in [0.05, 0.1) is 16.8 Å². The Balaban J connectivity index is 1.17. The molecule has 10 rings (SSSR count). The van der Waals surface area contributed by atoms with Crippen molar-refractivity contribution < 1.29 is 0 Å². The summed E-state index contributed by atoms with van der Waals surface area (Å²) >= 11 is 0. The molecule has 0 saturated carbocycles. The van der Waals surface area contributed by atoms with Crippen LogP contribution < -0.4 is 15.5 Å². The Kier molecular flexibility index (Phi) is 7.90. The van der Waals surface area contributed by atoms with Gasteiger partial charge in [-0.15, -0.1) is 0 Å². The first-order valence-electron chi connectivity index (χ1n) is 19.1. The van der Waals surface area contributed by atoms with Crippen LogP contribution in [0, 0.1) is 0 Å². The summed E-state index contributed by atoms with van der Waals surface area (Å²) in [7, 11) is -0.585. The van der Waals surface area contributed by atoms with Crippen molar-refractivity contribution in [3.8, 4) is 11.1 Å². The Morgan fingerprint density at radius 1 is 0.519 bits per heavy atom. The minimum atomic E-state index is -0.585. The zero-order valence-electron chi connectivity index (χ0n) is 30.7. The van der Waals surface area contributed by atoms with Crippen LogP contribution in [0.25, 0.3) is 11.1 Å². The number of hydrogen-bond donors (Lipinski definition) is 0. The second-order valence-electron chi connectivity index (χ2n) is 15.2. The summed E-state index contributed by atoms with van der Waals surface area (Å²) < 4.78 is 0. The summed E-state index contributed by atoms with van der Waals surface area (Å²) in [5.41, 5.74) is 14.1. The Bertz CT molecular complexity index is 2480. The number of fused-ring (bicyclic) bond motifs is 5. The van der Waals surface area contributed by atoms with Crippen molar-refractivity contribution in [1.29, 1.82) is 0 Å². The zero-order chi connectivity index (χ0) is 36.3. The van der Waals surface area contributed by atoms with E-state index in [9.17, 15) is 0 Å². The second-order valence-corrected chi connectivity index (χ2v) is 17.7. The molecule has 2 heteroatoms. The average molecular weight is 712 g/mol. The van der Waals surface area contributed by atoms with E-state index in [2.05, 4.69) is 219 Å². The monoisotopic (exact) mass is 711 g/mol. The van der Waals surface area contributed by atoms with Crippen LogP contribution in [-0.2, 0) is 10.8 Å². The van der Waals surface area contributed by atoms with Gasteiger partial charge in [-0.3, -0.25) is 0 Å². The highest BCUT2D eigenvalue weighted by Crippen LogP contribution is 2.60. The van der Waals surface area contributed by atoms with Gasteiger partial charge in [0.25, 0.3) is 0 Å². The molecule has 0 radical (unpaired) electrons. The van der Waals surface area contributed by atoms with Gasteiger partial charge in [0.1, 0.15) is 0 Å². The first-order chi connectivity index (χ1) is 26.6. The van der Waals surface area contributed by atoms with Crippen molar-refractivity contribution in [2.24, 2.45) is 0 Å². The number of hydrogen-bond acceptors (Lipinski definition) is 1. The maximum absolute atomic E-state index is 2.58. The fourth-order valence-corrected chi connectivity index (χ4v) is 12.2. The molecule has 0 aromatic heterocycles. The number of nitrogens with zero attached hydrogens (tertiary/aromatic N) is 1. The van der Waals surface area contributed by atoms with Crippen molar-refractivity contribution in [1.82, 2.24) is 0 Å². The molecule has 7 aromatic rings. The molecule has 7 aromatic carbocycles. The van der Waals surface area contributed by atoms with Crippen LogP contribution in [0.2, 0.25) is 0 Å². The lowest BCUT2D eigenvalue weighted by molar-refractivity contribution is 0.627. The van der Waals surface area contributed by atoms with Gasteiger partial charge in [-0.05, 0) is 93.7 Å². The number of allylic oxidation sites excluding steroid dienone is 4. The van der Waals surface area contributed by atoms with E-state index in [1.54, 1.807) is 0 Å². The minimum Gasteiger partial charge on any atom is -0.310 e. The van der Waals surface area contributed by atoms with Crippen molar-refractivity contribution >= 4 is 35.6 Å². The highest BCUT2D eigenvalue weighted by Gasteiger charge is 2.48. The lowest BCUT2D eigenvalue weighted by Gasteiger charge is -2.44. The van der Waals surface area contributed by atoms with Gasteiger partial charge in [0.2, 0.25) is 0 Å². The molecule has 1 atom stereocenters. The Morgan fingerprint density at radius 2 is 1.04 bits per heavy atom. The minimum absolute atomic E-state index is 0.213. The predicted octanol–water partition coefficient (Wildman–Crippen LogP) is 12.5. The van der Waals surface area contributed by atoms with Gasteiger partial charge in [0, 0.05) is 16.8 Å². The topological polar surface area (TPSA) is 3.24 Å². The van der Waals surface area contributed by atoms with Crippen LogP contribution in [-0.4, -0.2) is 5.66 Å². The SMILES string of the molecule is CC1(C)c2ccccc2N(c2ccccc2)c2ccc(C3(C4=CCC(P(c5ccccc5)c5ccccc5)C=C4)c4ccccc4-c4ccccc43)cc21. The Morgan fingerprint density at radius 3 is 1.63 bits per heavy atom. The zero-order valence-corrected chi connectivity index (χ0v) is 31.6. The van der Waals surface area contributed by atoms with E-state index >= 15 is 0 Å². The van der Waals surface area contributed by atoms with Gasteiger partial charge < -0.3 is 4.90 Å². The fourth-order valence-electron chi connectivity index (χ4n) is 9.60. The molecular formula is C52H42NP. The van der Waals surface area contributed by atoms with Crippen LogP contribution >= 0.6 is 7.92 Å². The molecule has 3 aliphatic rings. The van der Waals surface area contributed by atoms with Gasteiger partial charge in [-0.25, -0.2) is 0 Å². The van der Waals surface area contributed by atoms with Crippen molar-refractivity contribution in [2.45, 2.75) is 36.8 Å². The molecular weight excluding hydrogens is 670 g/mol. The van der Waals surface area contributed by atoms with Gasteiger partial charge in [-0.1, -0.05) is 190 Å². The molecule has 1 nitrogen and oxygen atoms in total. The molecule has 54 heavy (non-hydrogen) atoms. The van der Waals surface area contributed by atoms with E-state index in [0.717, 1.165) is 6.42 Å². The molecule has 1 heterocycles. The number of benzene rings is 7. The van der Waals surface area contributed by atoms with Crippen LogP contribution in [0.1, 0.15) is 48.1 Å². The fraction of sp³-hybridized carbons (Fsp3) is 0.115. The summed E-state index contributed by atoms with van der Waals surface area (Å²) in [6.07, 6.45) is 8.60. The maximum Gasteiger partial charge on any atom is 0.0710 e. The summed E-state index contributed by atoms with van der Waals surface area (Å²) in [6, 6.07) is 67.8. The van der Waals surface area contributed by atoms with Crippen molar-refractivity contribution in [2.75, 3.05) is 4.90 Å². The summed E-state index contributed by atoms with van der Waals surface area (Å²) in [4.78, 5) is 2.46. The molecule has 1 unspecified atom stereocenters. The predicted molar refractivity (Wildman–Crippen MR) is 230 cm³/mol. The molecule has 0 amide bonds. The normalized spacial score (nSPS) is 17.3. The van der Waals surface area contributed by atoms with Crippen LogP contribution in [0.3, 0.4) is 0 Å². The third kappa shape index (κ3) is 4.95. The first kappa shape index (κ1) is 32.9. The molecule has 0 spiro atoms. The lowest BCUT2D eigenvalue weighted by atomic mass is 9.64. The van der Waals surface area contributed by atoms with Gasteiger partial charge >= 0.3 is 0 Å². The largest absolute Gasteiger partial charge is 0.310 e. The van der Waals surface area contributed by atoms with Crippen LogP contribution in [0.4, 0.5) is 17.1 Å². The molecule has 0 saturated heterocycles. The number of anilines is 3. The molecule has 2 aliphatic carbocycles. The number of para-hydroxylation sites is 2. The molecule has 260 valence electrons. The van der Waals surface area contributed by atoms with E-state index in [-0.39, 0.29) is 5.41 Å². The quantitative estimate of drug-likeness (QED) is 0.155. The van der Waals surface area contributed by atoms with E-state index in [4.69, 9.17) is 0 Å². The average Bonchev–Trinajstić information content (AvgIpc) is 3.54. The Labute approximate surface area is 320 Å².